The molecule has 1 aromatic heterocycles. The van der Waals surface area contributed by atoms with E-state index >= 15 is 0 Å². The predicted octanol–water partition coefficient (Wildman–Crippen LogP) is 3.64. The van der Waals surface area contributed by atoms with Crippen molar-refractivity contribution in [3.63, 3.8) is 0 Å². The molecule has 1 saturated heterocycles. The van der Waals surface area contributed by atoms with Crippen molar-refractivity contribution in [1.29, 1.82) is 5.26 Å². The minimum atomic E-state index is -1.55. The van der Waals surface area contributed by atoms with E-state index in [-0.39, 0.29) is 24.0 Å². The number of thioether (sulfide) groups is 2. The Bertz CT molecular complexity index is 915. The van der Waals surface area contributed by atoms with E-state index < -0.39 is 5.72 Å². The van der Waals surface area contributed by atoms with Crippen molar-refractivity contribution in [2.75, 3.05) is 12.0 Å². The molecular weight excluding hydrogens is 368 g/mol. The molecule has 0 radical (unpaired) electrons. The highest BCUT2D eigenvalue weighted by atomic mass is 32.2. The van der Waals surface area contributed by atoms with Gasteiger partial charge < -0.3 is 9.52 Å². The van der Waals surface area contributed by atoms with Crippen LogP contribution in [0.3, 0.4) is 0 Å². The number of amides is 1. The van der Waals surface area contributed by atoms with Crippen molar-refractivity contribution >= 4 is 29.4 Å². The van der Waals surface area contributed by atoms with Gasteiger partial charge in [0.05, 0.1) is 28.7 Å². The van der Waals surface area contributed by atoms with Crippen molar-refractivity contribution in [3.8, 4) is 6.07 Å². The number of aliphatic hydroxyl groups is 1. The lowest BCUT2D eigenvalue weighted by Crippen LogP contribution is -2.48. The van der Waals surface area contributed by atoms with Gasteiger partial charge in [-0.25, -0.2) is 0 Å². The zero-order valence-electron chi connectivity index (χ0n) is 14.0. The zero-order chi connectivity index (χ0) is 18.3. The smallest absolute Gasteiger partial charge is 0.231 e. The third kappa shape index (κ3) is 2.57. The lowest BCUT2D eigenvalue weighted by atomic mass is 9.86. The minimum absolute atomic E-state index is 0.147. The molecule has 0 spiro atoms. The van der Waals surface area contributed by atoms with Crippen LogP contribution in [-0.2, 0) is 10.5 Å². The fraction of sp³-hybridized carbons (Fsp3) is 0.263. The molecule has 5 nitrogen and oxygen atoms in total. The Morgan fingerprint density at radius 1 is 1.38 bits per heavy atom. The van der Waals surface area contributed by atoms with Crippen molar-refractivity contribution in [1.82, 2.24) is 4.90 Å². The third-order valence-electron chi connectivity index (χ3n) is 4.74. The summed E-state index contributed by atoms with van der Waals surface area (Å²) in [5.74, 6) is 0.0570. The van der Waals surface area contributed by atoms with Crippen LogP contribution in [0.2, 0.25) is 0 Å². The molecule has 7 heteroatoms. The van der Waals surface area contributed by atoms with Gasteiger partial charge in [0.2, 0.25) is 11.6 Å². The molecule has 1 amide bonds. The van der Waals surface area contributed by atoms with E-state index in [2.05, 4.69) is 6.07 Å². The van der Waals surface area contributed by atoms with Gasteiger partial charge in [-0.3, -0.25) is 9.69 Å². The van der Waals surface area contributed by atoms with E-state index in [0.29, 0.717) is 16.4 Å². The van der Waals surface area contributed by atoms with Gasteiger partial charge in [0.1, 0.15) is 0 Å². The second kappa shape index (κ2) is 6.54. The summed E-state index contributed by atoms with van der Waals surface area (Å²) < 4.78 is 5.36. The normalized spacial score (nSPS) is 25.3. The SMILES string of the molecule is CSc1ccc([C@@H]2CC(=O)N3C(=C2C#N)SC[C@@]3(O)c2ccco2)cc1. The number of carbonyl (C=O) groups excluding carboxylic acids is 1. The molecule has 1 aromatic carbocycles. The molecule has 0 bridgehead atoms. The van der Waals surface area contributed by atoms with E-state index in [1.54, 1.807) is 23.9 Å². The first-order valence-corrected chi connectivity index (χ1v) is 10.3. The number of furan rings is 1. The van der Waals surface area contributed by atoms with Crippen LogP contribution >= 0.6 is 23.5 Å². The number of fused-ring (bicyclic) bond motifs is 1. The molecule has 2 aliphatic rings. The van der Waals surface area contributed by atoms with E-state index in [1.807, 2.05) is 30.5 Å². The van der Waals surface area contributed by atoms with Crippen LogP contribution in [0.15, 0.2) is 62.6 Å². The lowest BCUT2D eigenvalue weighted by molar-refractivity contribution is -0.152. The second-order valence-corrected chi connectivity index (χ2v) is 8.02. The maximum absolute atomic E-state index is 12.9. The van der Waals surface area contributed by atoms with Gasteiger partial charge in [-0.05, 0) is 36.1 Å². The molecule has 2 atom stereocenters. The predicted molar refractivity (Wildman–Crippen MR) is 100 cm³/mol. The van der Waals surface area contributed by atoms with Crippen LogP contribution in [-0.4, -0.2) is 27.9 Å². The Morgan fingerprint density at radius 3 is 2.77 bits per heavy atom. The summed E-state index contributed by atoms with van der Waals surface area (Å²) in [6.45, 7) is 0. The molecule has 0 unspecified atom stereocenters. The molecule has 2 aliphatic heterocycles. The number of hydrogen-bond donors (Lipinski definition) is 1. The lowest BCUT2D eigenvalue weighted by Gasteiger charge is -2.36. The van der Waals surface area contributed by atoms with Crippen LogP contribution in [0.25, 0.3) is 0 Å². The Morgan fingerprint density at radius 2 is 2.15 bits per heavy atom. The van der Waals surface area contributed by atoms with E-state index in [9.17, 15) is 15.2 Å². The zero-order valence-corrected chi connectivity index (χ0v) is 15.6. The Kier molecular flexibility index (Phi) is 4.35. The van der Waals surface area contributed by atoms with Crippen LogP contribution in [0.4, 0.5) is 0 Å². The van der Waals surface area contributed by atoms with Gasteiger partial charge in [-0.15, -0.1) is 23.5 Å². The number of hydrogen-bond acceptors (Lipinski definition) is 6. The molecule has 0 saturated carbocycles. The van der Waals surface area contributed by atoms with Crippen molar-refractivity contribution < 1.29 is 14.3 Å². The topological polar surface area (TPSA) is 77.5 Å². The van der Waals surface area contributed by atoms with Gasteiger partial charge in [0, 0.05) is 17.2 Å². The number of carbonyl (C=O) groups is 1. The molecule has 4 rings (SSSR count). The maximum atomic E-state index is 12.9. The fourth-order valence-electron chi connectivity index (χ4n) is 3.44. The molecule has 1 fully saturated rings. The molecule has 132 valence electrons. The molecule has 2 aromatic rings. The van der Waals surface area contributed by atoms with Crippen molar-refractivity contribution in [2.24, 2.45) is 0 Å². The number of benzene rings is 1. The van der Waals surface area contributed by atoms with E-state index in [4.69, 9.17) is 4.42 Å². The first-order chi connectivity index (χ1) is 12.6. The molecule has 3 heterocycles. The monoisotopic (exact) mass is 384 g/mol. The van der Waals surface area contributed by atoms with Gasteiger partial charge >= 0.3 is 0 Å². The number of nitriles is 1. The Labute approximate surface area is 159 Å². The summed E-state index contributed by atoms with van der Waals surface area (Å²) in [4.78, 5) is 15.4. The third-order valence-corrected chi connectivity index (χ3v) is 6.71. The highest BCUT2D eigenvalue weighted by Crippen LogP contribution is 2.51. The quantitative estimate of drug-likeness (QED) is 0.814. The van der Waals surface area contributed by atoms with Gasteiger partial charge in [-0.2, -0.15) is 5.26 Å². The van der Waals surface area contributed by atoms with Crippen LogP contribution in [0.5, 0.6) is 0 Å². The maximum Gasteiger partial charge on any atom is 0.231 e. The highest BCUT2D eigenvalue weighted by Gasteiger charge is 2.53. The number of allylic oxidation sites excluding steroid dienone is 1. The van der Waals surface area contributed by atoms with E-state index in [1.165, 1.54) is 22.9 Å². The largest absolute Gasteiger partial charge is 0.464 e. The summed E-state index contributed by atoms with van der Waals surface area (Å²) >= 11 is 2.97. The molecule has 1 N–H and O–H groups in total. The van der Waals surface area contributed by atoms with Crippen molar-refractivity contribution in [2.45, 2.75) is 23.0 Å². The van der Waals surface area contributed by atoms with Gasteiger partial charge in [0.25, 0.3) is 0 Å². The Hall–Kier alpha value is -2.14. The summed E-state index contributed by atoms with van der Waals surface area (Å²) in [6.07, 6.45) is 3.62. The minimum Gasteiger partial charge on any atom is -0.464 e. The second-order valence-electron chi connectivity index (χ2n) is 6.17. The van der Waals surface area contributed by atoms with Crippen LogP contribution < -0.4 is 0 Å². The van der Waals surface area contributed by atoms with Gasteiger partial charge in [-0.1, -0.05) is 12.1 Å². The van der Waals surface area contributed by atoms with Crippen LogP contribution in [0.1, 0.15) is 23.7 Å². The first kappa shape index (κ1) is 17.3. The van der Waals surface area contributed by atoms with E-state index in [0.717, 1.165) is 10.5 Å². The van der Waals surface area contributed by atoms with Crippen LogP contribution in [0, 0.1) is 11.3 Å². The first-order valence-electron chi connectivity index (χ1n) is 8.09. The van der Waals surface area contributed by atoms with Gasteiger partial charge in [0.15, 0.2) is 5.76 Å². The summed E-state index contributed by atoms with van der Waals surface area (Å²) in [5, 5.41) is 21.4. The summed E-state index contributed by atoms with van der Waals surface area (Å²) in [5.41, 5.74) is -0.0843. The standard InChI is InChI=1S/C19H16N2O3S2/c1-25-13-6-4-12(5-7-13)14-9-17(22)21-18(15(14)10-20)26-11-19(21,23)16-3-2-8-24-16/h2-8,14,23H,9,11H2,1H3/t14-,19+/m0/s1. The number of nitrogens with zero attached hydrogens (tertiary/aromatic N) is 2. The average molecular weight is 384 g/mol. The summed E-state index contributed by atoms with van der Waals surface area (Å²) in [6, 6.07) is 13.5. The van der Waals surface area contributed by atoms with Crippen molar-refractivity contribution in [3.05, 3.63) is 64.6 Å². The highest BCUT2D eigenvalue weighted by molar-refractivity contribution is 8.03. The molecule has 26 heavy (non-hydrogen) atoms. The number of rotatable bonds is 3. The molecular formula is C19H16N2O3S2. The fourth-order valence-corrected chi connectivity index (χ4v) is 5.18. The summed E-state index contributed by atoms with van der Waals surface area (Å²) in [7, 11) is 0. The Balaban J connectivity index is 1.78. The average Bonchev–Trinajstić information content (AvgIpc) is 3.31. The molecule has 0 aliphatic carbocycles.